The molecule has 0 aromatic heterocycles. The van der Waals surface area contributed by atoms with Gasteiger partial charge in [-0.25, -0.2) is 0 Å². The van der Waals surface area contributed by atoms with E-state index in [0.29, 0.717) is 59.5 Å². The number of benzene rings is 2. The molecule has 2 aromatic carbocycles. The van der Waals surface area contributed by atoms with Crippen LogP contribution >= 0.6 is 0 Å². The summed E-state index contributed by atoms with van der Waals surface area (Å²) in [5.41, 5.74) is 2.25. The molecule has 0 radical (unpaired) electrons. The molecule has 0 spiro atoms. The van der Waals surface area contributed by atoms with Gasteiger partial charge in [-0.2, -0.15) is 0 Å². The van der Waals surface area contributed by atoms with Crippen LogP contribution in [0, 0.1) is 11.8 Å². The summed E-state index contributed by atoms with van der Waals surface area (Å²) >= 11 is 0. The zero-order chi connectivity index (χ0) is 22.4. The van der Waals surface area contributed by atoms with Crippen LogP contribution < -0.4 is 28.4 Å². The second kappa shape index (κ2) is 10.5. The van der Waals surface area contributed by atoms with Crippen molar-refractivity contribution in [1.82, 2.24) is 0 Å². The average Bonchev–Trinajstić information content (AvgIpc) is 3.23. The summed E-state index contributed by atoms with van der Waals surface area (Å²) in [4.78, 5) is 0. The zero-order valence-electron chi connectivity index (χ0n) is 19.2. The third-order valence-electron chi connectivity index (χ3n) is 5.78. The van der Waals surface area contributed by atoms with Gasteiger partial charge in [0.05, 0.1) is 55.9 Å². The first-order chi connectivity index (χ1) is 15.1. The highest BCUT2D eigenvalue weighted by Gasteiger charge is 2.30. The van der Waals surface area contributed by atoms with E-state index in [1.54, 1.807) is 42.7 Å². The van der Waals surface area contributed by atoms with Crippen LogP contribution in [0.5, 0.6) is 34.5 Å². The number of hydrogen-bond acceptors (Lipinski definition) is 7. The van der Waals surface area contributed by atoms with Gasteiger partial charge in [-0.15, -0.1) is 0 Å². The number of methoxy groups -OCH3 is 6. The largest absolute Gasteiger partial charge is 0.493 e. The van der Waals surface area contributed by atoms with Crippen LogP contribution in [0.2, 0.25) is 0 Å². The molecule has 2 unspecified atom stereocenters. The smallest absolute Gasteiger partial charge is 0.203 e. The predicted octanol–water partition coefficient (Wildman–Crippen LogP) is 3.79. The minimum Gasteiger partial charge on any atom is -0.493 e. The topological polar surface area (TPSA) is 64.6 Å². The van der Waals surface area contributed by atoms with Gasteiger partial charge < -0.3 is 33.2 Å². The van der Waals surface area contributed by atoms with Gasteiger partial charge in [0.25, 0.3) is 0 Å². The van der Waals surface area contributed by atoms with E-state index in [4.69, 9.17) is 33.2 Å². The van der Waals surface area contributed by atoms with Gasteiger partial charge in [-0.05, 0) is 60.1 Å². The summed E-state index contributed by atoms with van der Waals surface area (Å²) < 4.78 is 38.7. The molecule has 7 heteroatoms. The second-order valence-corrected chi connectivity index (χ2v) is 7.53. The van der Waals surface area contributed by atoms with Crippen LogP contribution in [-0.2, 0) is 17.6 Å². The fraction of sp³-hybridized carbons (Fsp3) is 0.500. The predicted molar refractivity (Wildman–Crippen MR) is 117 cm³/mol. The Morgan fingerprint density at radius 1 is 0.581 bits per heavy atom. The Bertz CT molecular complexity index is 759. The molecule has 2 aromatic rings. The van der Waals surface area contributed by atoms with Crippen molar-refractivity contribution in [3.8, 4) is 34.5 Å². The Hall–Kier alpha value is -2.80. The monoisotopic (exact) mass is 432 g/mol. The van der Waals surface area contributed by atoms with Crippen molar-refractivity contribution in [3.63, 3.8) is 0 Å². The molecule has 1 saturated heterocycles. The lowest BCUT2D eigenvalue weighted by atomic mass is 9.85. The lowest BCUT2D eigenvalue weighted by Crippen LogP contribution is -2.18. The first kappa shape index (κ1) is 22.9. The Labute approximate surface area is 184 Å². The Morgan fingerprint density at radius 3 is 1.16 bits per heavy atom. The Balaban J connectivity index is 1.81. The van der Waals surface area contributed by atoms with E-state index in [2.05, 4.69) is 0 Å². The molecular weight excluding hydrogens is 400 g/mol. The summed E-state index contributed by atoms with van der Waals surface area (Å²) in [5.74, 6) is 4.59. The van der Waals surface area contributed by atoms with Crippen molar-refractivity contribution in [2.24, 2.45) is 11.8 Å². The summed E-state index contributed by atoms with van der Waals surface area (Å²) in [6, 6.07) is 8.04. The fourth-order valence-electron chi connectivity index (χ4n) is 4.21. The molecule has 1 aliphatic rings. The molecule has 1 fully saturated rings. The highest BCUT2D eigenvalue weighted by molar-refractivity contribution is 5.55. The molecule has 0 bridgehead atoms. The second-order valence-electron chi connectivity index (χ2n) is 7.53. The van der Waals surface area contributed by atoms with Crippen molar-refractivity contribution < 1.29 is 33.2 Å². The van der Waals surface area contributed by atoms with Gasteiger partial charge >= 0.3 is 0 Å². The Morgan fingerprint density at radius 2 is 0.903 bits per heavy atom. The first-order valence-electron chi connectivity index (χ1n) is 10.2. The highest BCUT2D eigenvalue weighted by Crippen LogP contribution is 2.41. The molecular formula is C24H32O7. The summed E-state index contributed by atoms with van der Waals surface area (Å²) in [6.45, 7) is 1.43. The van der Waals surface area contributed by atoms with Crippen LogP contribution in [0.15, 0.2) is 24.3 Å². The lowest BCUT2D eigenvalue weighted by molar-refractivity contribution is 0.180. The van der Waals surface area contributed by atoms with E-state index < -0.39 is 0 Å². The zero-order valence-corrected chi connectivity index (χ0v) is 19.2. The van der Waals surface area contributed by atoms with Gasteiger partial charge in [-0.3, -0.25) is 0 Å². The van der Waals surface area contributed by atoms with Crippen molar-refractivity contribution >= 4 is 0 Å². The van der Waals surface area contributed by atoms with E-state index in [0.717, 1.165) is 24.0 Å². The molecule has 0 N–H and O–H groups in total. The standard InChI is InChI=1S/C24H32O7/c1-25-19-9-15(10-20(26-2)23(19)29-5)7-17-13-31-14-18(17)8-16-11-21(27-3)24(30-6)22(12-16)28-4/h9-12,17-18H,7-8,13-14H2,1-6H3. The van der Waals surface area contributed by atoms with Gasteiger partial charge in [0.1, 0.15) is 0 Å². The number of ether oxygens (including phenoxy) is 7. The van der Waals surface area contributed by atoms with Crippen LogP contribution in [-0.4, -0.2) is 55.9 Å². The van der Waals surface area contributed by atoms with Crippen LogP contribution in [0.3, 0.4) is 0 Å². The van der Waals surface area contributed by atoms with Gasteiger partial charge in [0.15, 0.2) is 23.0 Å². The molecule has 0 aliphatic carbocycles. The molecule has 1 aliphatic heterocycles. The van der Waals surface area contributed by atoms with Crippen molar-refractivity contribution in [2.75, 3.05) is 55.9 Å². The van der Waals surface area contributed by atoms with Crippen molar-refractivity contribution in [1.29, 1.82) is 0 Å². The van der Waals surface area contributed by atoms with E-state index in [1.165, 1.54) is 0 Å². The van der Waals surface area contributed by atoms with Crippen molar-refractivity contribution in [2.45, 2.75) is 12.8 Å². The molecule has 170 valence electrons. The SMILES string of the molecule is COc1cc(CC2COCC2Cc2cc(OC)c(OC)c(OC)c2)cc(OC)c1OC. The van der Waals surface area contributed by atoms with E-state index >= 15 is 0 Å². The van der Waals surface area contributed by atoms with Crippen LogP contribution in [0.25, 0.3) is 0 Å². The molecule has 0 saturated carbocycles. The third-order valence-corrected chi connectivity index (χ3v) is 5.78. The number of hydrogen-bond donors (Lipinski definition) is 0. The third kappa shape index (κ3) is 4.93. The van der Waals surface area contributed by atoms with Crippen LogP contribution in [0.4, 0.5) is 0 Å². The van der Waals surface area contributed by atoms with Crippen molar-refractivity contribution in [3.05, 3.63) is 35.4 Å². The van der Waals surface area contributed by atoms with E-state index in [1.807, 2.05) is 24.3 Å². The maximum absolute atomic E-state index is 5.86. The average molecular weight is 433 g/mol. The van der Waals surface area contributed by atoms with Gasteiger partial charge in [0.2, 0.25) is 11.5 Å². The normalized spacial score (nSPS) is 17.9. The summed E-state index contributed by atoms with van der Waals surface area (Å²) in [7, 11) is 9.75. The van der Waals surface area contributed by atoms with Gasteiger partial charge in [0, 0.05) is 0 Å². The molecule has 0 amide bonds. The summed E-state index contributed by atoms with van der Waals surface area (Å²) in [5, 5.41) is 0. The van der Waals surface area contributed by atoms with Crippen LogP contribution in [0.1, 0.15) is 11.1 Å². The van der Waals surface area contributed by atoms with Gasteiger partial charge in [-0.1, -0.05) is 0 Å². The summed E-state index contributed by atoms with van der Waals surface area (Å²) in [6.07, 6.45) is 1.71. The quantitative estimate of drug-likeness (QED) is 0.566. The van der Waals surface area contributed by atoms with E-state index in [-0.39, 0.29) is 0 Å². The molecule has 31 heavy (non-hydrogen) atoms. The number of rotatable bonds is 10. The molecule has 2 atom stereocenters. The lowest BCUT2D eigenvalue weighted by Gasteiger charge is -2.21. The molecule has 3 rings (SSSR count). The minimum atomic E-state index is 0.363. The Kier molecular flexibility index (Phi) is 7.74. The van der Waals surface area contributed by atoms with E-state index in [9.17, 15) is 0 Å². The minimum absolute atomic E-state index is 0.363. The molecule has 7 nitrogen and oxygen atoms in total. The maximum atomic E-state index is 5.86. The maximum Gasteiger partial charge on any atom is 0.203 e. The molecule has 1 heterocycles. The highest BCUT2D eigenvalue weighted by atomic mass is 16.5. The fourth-order valence-corrected chi connectivity index (χ4v) is 4.21. The first-order valence-corrected chi connectivity index (χ1v) is 10.2.